The Balaban J connectivity index is 2.55. The number of phenolic OH excluding ortho intramolecular Hbond substituents is 2. The SMILES string of the molecule is CCCCCCCCCCC(=O)Nc1c(C)c(O)c(OC)c(OC)c1O. The maximum absolute atomic E-state index is 12.2. The van der Waals surface area contributed by atoms with Crippen molar-refractivity contribution in [3.05, 3.63) is 5.56 Å². The van der Waals surface area contributed by atoms with Gasteiger partial charge in [0.1, 0.15) is 0 Å². The molecule has 0 aliphatic carbocycles. The number of hydrogen-bond acceptors (Lipinski definition) is 5. The first-order valence-electron chi connectivity index (χ1n) is 9.44. The van der Waals surface area contributed by atoms with Gasteiger partial charge in [0, 0.05) is 12.0 Å². The summed E-state index contributed by atoms with van der Waals surface area (Å²) in [6, 6.07) is 0. The van der Waals surface area contributed by atoms with Crippen molar-refractivity contribution in [1.82, 2.24) is 0 Å². The molecule has 0 aliphatic rings. The molecular weight excluding hydrogens is 334 g/mol. The Labute approximate surface area is 156 Å². The number of carbonyl (C=O) groups is 1. The normalized spacial score (nSPS) is 10.6. The van der Waals surface area contributed by atoms with Gasteiger partial charge in [-0.3, -0.25) is 4.79 Å². The number of unbranched alkanes of at least 4 members (excludes halogenated alkanes) is 7. The van der Waals surface area contributed by atoms with Gasteiger partial charge in [-0.2, -0.15) is 0 Å². The highest BCUT2D eigenvalue weighted by Gasteiger charge is 2.24. The van der Waals surface area contributed by atoms with Crippen LogP contribution in [0.25, 0.3) is 0 Å². The molecule has 0 unspecified atom stereocenters. The van der Waals surface area contributed by atoms with Crippen LogP contribution in [0.1, 0.15) is 70.3 Å². The molecule has 6 heteroatoms. The molecule has 6 nitrogen and oxygen atoms in total. The predicted octanol–water partition coefficient (Wildman–Crippen LogP) is 4.89. The summed E-state index contributed by atoms with van der Waals surface area (Å²) in [5.74, 6) is -0.559. The summed E-state index contributed by atoms with van der Waals surface area (Å²) < 4.78 is 10.2. The molecule has 0 spiro atoms. The molecule has 1 amide bonds. The highest BCUT2D eigenvalue weighted by Crippen LogP contribution is 2.50. The number of hydrogen-bond donors (Lipinski definition) is 3. The van der Waals surface area contributed by atoms with E-state index in [1.807, 2.05) is 0 Å². The Bertz CT molecular complexity index is 586. The standard InChI is InChI=1S/C20H33NO5/c1-5-6-7-8-9-10-11-12-13-15(22)21-16-14(2)17(23)19(25-3)20(26-4)18(16)24/h23-24H,5-13H2,1-4H3,(H,21,22). The molecule has 1 aromatic rings. The number of amides is 1. The molecule has 0 radical (unpaired) electrons. The van der Waals surface area contributed by atoms with E-state index in [0.717, 1.165) is 19.3 Å². The number of methoxy groups -OCH3 is 2. The Morgan fingerprint density at radius 2 is 1.38 bits per heavy atom. The third-order valence-corrected chi connectivity index (χ3v) is 4.53. The molecule has 0 bridgehead atoms. The number of benzene rings is 1. The largest absolute Gasteiger partial charge is 0.504 e. The Hall–Kier alpha value is -2.11. The van der Waals surface area contributed by atoms with E-state index in [9.17, 15) is 15.0 Å². The van der Waals surface area contributed by atoms with Gasteiger partial charge in [0.05, 0.1) is 19.9 Å². The van der Waals surface area contributed by atoms with Crippen LogP contribution >= 0.6 is 0 Å². The molecule has 1 rings (SSSR count). The highest BCUT2D eigenvalue weighted by molar-refractivity contribution is 5.95. The lowest BCUT2D eigenvalue weighted by Crippen LogP contribution is -2.13. The number of phenols is 2. The summed E-state index contributed by atoms with van der Waals surface area (Å²) in [5, 5.41) is 23.2. The molecule has 0 heterocycles. The third-order valence-electron chi connectivity index (χ3n) is 4.53. The molecule has 0 saturated carbocycles. The fraction of sp³-hybridized carbons (Fsp3) is 0.650. The monoisotopic (exact) mass is 367 g/mol. The molecule has 0 aromatic heterocycles. The number of ether oxygens (including phenoxy) is 2. The minimum atomic E-state index is -0.246. The zero-order valence-corrected chi connectivity index (χ0v) is 16.5. The second kappa shape index (κ2) is 11.5. The lowest BCUT2D eigenvalue weighted by Gasteiger charge is -2.18. The van der Waals surface area contributed by atoms with Gasteiger partial charge in [0.25, 0.3) is 0 Å². The first kappa shape index (κ1) is 21.9. The smallest absolute Gasteiger partial charge is 0.224 e. The van der Waals surface area contributed by atoms with Crippen LogP contribution in [0.5, 0.6) is 23.0 Å². The average molecular weight is 367 g/mol. The number of nitrogens with one attached hydrogen (secondary N) is 1. The van der Waals surface area contributed by atoms with E-state index in [-0.39, 0.29) is 34.6 Å². The fourth-order valence-electron chi connectivity index (χ4n) is 2.95. The minimum absolute atomic E-state index is 0.00187. The van der Waals surface area contributed by atoms with Gasteiger partial charge < -0.3 is 25.0 Å². The van der Waals surface area contributed by atoms with E-state index in [1.165, 1.54) is 46.3 Å². The summed E-state index contributed by atoms with van der Waals surface area (Å²) in [6.45, 7) is 3.80. The number of rotatable bonds is 12. The van der Waals surface area contributed by atoms with Crippen LogP contribution in [0.4, 0.5) is 5.69 Å². The van der Waals surface area contributed by atoms with Crippen LogP contribution in [-0.4, -0.2) is 30.3 Å². The van der Waals surface area contributed by atoms with Gasteiger partial charge in [-0.05, 0) is 13.3 Å². The van der Waals surface area contributed by atoms with Crippen LogP contribution in [0.15, 0.2) is 0 Å². The maximum Gasteiger partial charge on any atom is 0.224 e. The van der Waals surface area contributed by atoms with E-state index in [1.54, 1.807) is 6.92 Å². The molecule has 0 saturated heterocycles. The fourth-order valence-corrected chi connectivity index (χ4v) is 2.95. The highest BCUT2D eigenvalue weighted by atomic mass is 16.5. The zero-order valence-electron chi connectivity index (χ0n) is 16.5. The van der Waals surface area contributed by atoms with Gasteiger partial charge in [-0.15, -0.1) is 0 Å². The molecule has 148 valence electrons. The minimum Gasteiger partial charge on any atom is -0.504 e. The number of anilines is 1. The molecule has 1 aromatic carbocycles. The van der Waals surface area contributed by atoms with E-state index < -0.39 is 0 Å². The van der Waals surface area contributed by atoms with Crippen molar-refractivity contribution in [1.29, 1.82) is 0 Å². The van der Waals surface area contributed by atoms with Gasteiger partial charge in [-0.25, -0.2) is 0 Å². The summed E-state index contributed by atoms with van der Waals surface area (Å²) in [6.07, 6.45) is 9.64. The maximum atomic E-state index is 12.2. The van der Waals surface area contributed by atoms with Crippen LogP contribution < -0.4 is 14.8 Å². The molecule has 3 N–H and O–H groups in total. The molecule has 0 atom stereocenters. The van der Waals surface area contributed by atoms with Crippen molar-refractivity contribution in [2.45, 2.75) is 71.6 Å². The second-order valence-electron chi connectivity index (χ2n) is 6.54. The molecule has 26 heavy (non-hydrogen) atoms. The summed E-state index contributed by atoms with van der Waals surface area (Å²) in [4.78, 5) is 12.2. The van der Waals surface area contributed by atoms with Crippen LogP contribution in [0.2, 0.25) is 0 Å². The average Bonchev–Trinajstić information content (AvgIpc) is 2.63. The van der Waals surface area contributed by atoms with Gasteiger partial charge in [0.15, 0.2) is 11.5 Å². The van der Waals surface area contributed by atoms with Gasteiger partial charge in [0.2, 0.25) is 17.4 Å². The zero-order chi connectivity index (χ0) is 19.5. The quantitative estimate of drug-likeness (QED) is 0.278. The number of carbonyl (C=O) groups excluding carboxylic acids is 1. The van der Waals surface area contributed by atoms with E-state index in [4.69, 9.17) is 9.47 Å². The van der Waals surface area contributed by atoms with Crippen molar-refractivity contribution in [2.24, 2.45) is 0 Å². The second-order valence-corrected chi connectivity index (χ2v) is 6.54. The van der Waals surface area contributed by atoms with Crippen LogP contribution in [0, 0.1) is 6.92 Å². The molecule has 0 aliphatic heterocycles. The Kier molecular flexibility index (Phi) is 9.70. The first-order valence-corrected chi connectivity index (χ1v) is 9.44. The lowest BCUT2D eigenvalue weighted by molar-refractivity contribution is -0.116. The van der Waals surface area contributed by atoms with Crippen molar-refractivity contribution in [2.75, 3.05) is 19.5 Å². The van der Waals surface area contributed by atoms with Crippen molar-refractivity contribution in [3.8, 4) is 23.0 Å². The van der Waals surface area contributed by atoms with E-state index in [0.29, 0.717) is 12.0 Å². The topological polar surface area (TPSA) is 88.0 Å². The summed E-state index contributed by atoms with van der Waals surface area (Å²) in [5.41, 5.74) is 0.495. The molecular formula is C20H33NO5. The third kappa shape index (κ3) is 6.00. The first-order chi connectivity index (χ1) is 12.5. The predicted molar refractivity (Wildman–Crippen MR) is 103 cm³/mol. The van der Waals surface area contributed by atoms with Gasteiger partial charge >= 0.3 is 0 Å². The summed E-state index contributed by atoms with van der Waals surface area (Å²) in [7, 11) is 2.73. The van der Waals surface area contributed by atoms with Crippen molar-refractivity contribution < 1.29 is 24.5 Å². The van der Waals surface area contributed by atoms with Crippen LogP contribution in [-0.2, 0) is 4.79 Å². The van der Waals surface area contributed by atoms with Crippen molar-refractivity contribution in [3.63, 3.8) is 0 Å². The van der Waals surface area contributed by atoms with Gasteiger partial charge in [-0.1, -0.05) is 51.9 Å². The summed E-state index contributed by atoms with van der Waals surface area (Å²) >= 11 is 0. The van der Waals surface area contributed by atoms with Crippen molar-refractivity contribution >= 4 is 11.6 Å². The number of aromatic hydroxyl groups is 2. The Morgan fingerprint density at radius 3 is 1.92 bits per heavy atom. The van der Waals surface area contributed by atoms with Crippen LogP contribution in [0.3, 0.4) is 0 Å². The van der Waals surface area contributed by atoms with E-state index in [2.05, 4.69) is 12.2 Å². The Morgan fingerprint density at radius 1 is 0.885 bits per heavy atom. The van der Waals surface area contributed by atoms with E-state index >= 15 is 0 Å². The molecule has 0 fully saturated rings. The lowest BCUT2D eigenvalue weighted by atomic mass is 10.1.